The number of sulfonamides is 1. The first kappa shape index (κ1) is 19.4. The zero-order valence-corrected chi connectivity index (χ0v) is 16.2. The minimum Gasteiger partial charge on any atom is -0.347 e. The van der Waals surface area contributed by atoms with Crippen LogP contribution in [0.3, 0.4) is 0 Å². The van der Waals surface area contributed by atoms with Crippen LogP contribution in [-0.4, -0.2) is 50.6 Å². The summed E-state index contributed by atoms with van der Waals surface area (Å²) < 4.78 is 40.8. The van der Waals surface area contributed by atoms with Gasteiger partial charge in [0.05, 0.1) is 12.3 Å². The fraction of sp³-hybridized carbons (Fsp3) is 0.471. The van der Waals surface area contributed by atoms with Gasteiger partial charge in [0.25, 0.3) is 0 Å². The van der Waals surface area contributed by atoms with Gasteiger partial charge in [-0.2, -0.15) is 15.0 Å². The van der Waals surface area contributed by atoms with Crippen molar-refractivity contribution in [2.75, 3.05) is 37.0 Å². The van der Waals surface area contributed by atoms with E-state index in [1.807, 2.05) is 14.1 Å². The molecule has 1 fully saturated rings. The van der Waals surface area contributed by atoms with E-state index in [0.29, 0.717) is 17.7 Å². The van der Waals surface area contributed by atoms with E-state index in [-0.39, 0.29) is 12.1 Å². The van der Waals surface area contributed by atoms with E-state index < -0.39 is 21.6 Å². The average molecular weight is 394 g/mol. The van der Waals surface area contributed by atoms with E-state index in [9.17, 15) is 12.8 Å². The van der Waals surface area contributed by atoms with Gasteiger partial charge in [-0.3, -0.25) is 0 Å². The summed E-state index contributed by atoms with van der Waals surface area (Å²) >= 11 is 0. The summed E-state index contributed by atoms with van der Waals surface area (Å²) in [5.41, 5.74) is 0.118. The maximum Gasteiger partial charge on any atom is 0.230 e. The summed E-state index contributed by atoms with van der Waals surface area (Å²) in [7, 11) is -0.109. The van der Waals surface area contributed by atoms with E-state index in [1.54, 1.807) is 11.0 Å². The molecule has 3 rings (SSSR count). The van der Waals surface area contributed by atoms with Crippen molar-refractivity contribution in [3.05, 3.63) is 41.5 Å². The molecule has 8 nitrogen and oxygen atoms in total. The first-order chi connectivity index (χ1) is 12.8. The first-order valence-electron chi connectivity index (χ1n) is 8.72. The summed E-state index contributed by atoms with van der Waals surface area (Å²) in [6.45, 7) is 1.66. The lowest BCUT2D eigenvalue weighted by Gasteiger charge is -2.19. The molecule has 0 spiro atoms. The second kappa shape index (κ2) is 8.13. The molecule has 0 saturated carbocycles. The number of hydrogen-bond donors (Lipinski definition) is 1. The highest BCUT2D eigenvalue weighted by atomic mass is 32.2. The van der Waals surface area contributed by atoms with Crippen molar-refractivity contribution in [3.8, 4) is 0 Å². The van der Waals surface area contributed by atoms with Gasteiger partial charge < -0.3 is 9.80 Å². The average Bonchev–Trinajstić information content (AvgIpc) is 3.16. The van der Waals surface area contributed by atoms with Gasteiger partial charge in [-0.25, -0.2) is 17.5 Å². The van der Waals surface area contributed by atoms with Crippen LogP contribution in [0, 0.1) is 5.82 Å². The molecule has 1 N–H and O–H groups in total. The molecule has 27 heavy (non-hydrogen) atoms. The van der Waals surface area contributed by atoms with Crippen molar-refractivity contribution in [3.63, 3.8) is 0 Å². The molecule has 0 atom stereocenters. The van der Waals surface area contributed by atoms with Crippen molar-refractivity contribution in [2.24, 2.45) is 0 Å². The molecule has 1 aromatic carbocycles. The highest BCUT2D eigenvalue weighted by molar-refractivity contribution is 7.88. The first-order valence-corrected chi connectivity index (χ1v) is 10.4. The molecular weight excluding hydrogens is 371 g/mol. The van der Waals surface area contributed by atoms with Crippen LogP contribution in [0.4, 0.5) is 16.3 Å². The SMILES string of the molecule is CN(C)c1nc(CNS(=O)(=O)Cc2ccccc2F)nc(N2CCCC2)n1. The number of aromatic nitrogens is 3. The van der Waals surface area contributed by atoms with Gasteiger partial charge in [-0.1, -0.05) is 18.2 Å². The summed E-state index contributed by atoms with van der Waals surface area (Å²) in [5.74, 6) is 0.358. The Hall–Kier alpha value is -2.33. The van der Waals surface area contributed by atoms with Gasteiger partial charge in [-0.15, -0.1) is 0 Å². The zero-order chi connectivity index (χ0) is 19.4. The number of benzene rings is 1. The number of anilines is 2. The van der Waals surface area contributed by atoms with E-state index in [2.05, 4.69) is 24.6 Å². The lowest BCUT2D eigenvalue weighted by Crippen LogP contribution is -2.28. The summed E-state index contributed by atoms with van der Waals surface area (Å²) in [4.78, 5) is 17.0. The Morgan fingerprint density at radius 1 is 1.15 bits per heavy atom. The van der Waals surface area contributed by atoms with Gasteiger partial charge in [0.1, 0.15) is 5.82 Å². The predicted octanol–water partition coefficient (Wildman–Crippen LogP) is 1.30. The van der Waals surface area contributed by atoms with E-state index in [4.69, 9.17) is 0 Å². The van der Waals surface area contributed by atoms with Crippen molar-refractivity contribution >= 4 is 21.9 Å². The van der Waals surface area contributed by atoms with Crippen LogP contribution >= 0.6 is 0 Å². The van der Waals surface area contributed by atoms with Gasteiger partial charge in [0, 0.05) is 32.7 Å². The number of rotatable bonds is 7. The lowest BCUT2D eigenvalue weighted by atomic mass is 10.2. The van der Waals surface area contributed by atoms with Crippen LogP contribution in [0.25, 0.3) is 0 Å². The van der Waals surface area contributed by atoms with Crippen molar-refractivity contribution in [2.45, 2.75) is 25.1 Å². The Kier molecular flexibility index (Phi) is 5.85. The largest absolute Gasteiger partial charge is 0.347 e. The van der Waals surface area contributed by atoms with Crippen LogP contribution in [0.2, 0.25) is 0 Å². The van der Waals surface area contributed by atoms with Crippen molar-refractivity contribution in [1.82, 2.24) is 19.7 Å². The smallest absolute Gasteiger partial charge is 0.230 e. The molecule has 0 radical (unpaired) electrons. The monoisotopic (exact) mass is 394 g/mol. The summed E-state index contributed by atoms with van der Waals surface area (Å²) in [6, 6.07) is 5.81. The van der Waals surface area contributed by atoms with Crippen LogP contribution in [-0.2, 0) is 22.3 Å². The number of halogens is 1. The second-order valence-electron chi connectivity index (χ2n) is 6.61. The number of nitrogens with zero attached hydrogens (tertiary/aromatic N) is 5. The van der Waals surface area contributed by atoms with Crippen molar-refractivity contribution < 1.29 is 12.8 Å². The third-order valence-corrected chi connectivity index (χ3v) is 5.48. The molecule has 1 aromatic heterocycles. The maximum absolute atomic E-state index is 13.7. The van der Waals surface area contributed by atoms with Crippen LogP contribution in [0.1, 0.15) is 24.2 Å². The number of hydrogen-bond acceptors (Lipinski definition) is 7. The van der Waals surface area contributed by atoms with E-state index in [0.717, 1.165) is 25.9 Å². The molecule has 2 heterocycles. The van der Waals surface area contributed by atoms with Gasteiger partial charge in [-0.05, 0) is 18.9 Å². The highest BCUT2D eigenvalue weighted by Gasteiger charge is 2.19. The van der Waals surface area contributed by atoms with Crippen LogP contribution in [0.5, 0.6) is 0 Å². The maximum atomic E-state index is 13.7. The third kappa shape index (κ3) is 5.10. The Morgan fingerprint density at radius 2 is 1.85 bits per heavy atom. The molecule has 0 bridgehead atoms. The molecule has 1 aliphatic heterocycles. The second-order valence-corrected chi connectivity index (χ2v) is 8.42. The van der Waals surface area contributed by atoms with Gasteiger partial charge in [0.2, 0.25) is 21.9 Å². The fourth-order valence-corrected chi connectivity index (χ4v) is 3.87. The molecular formula is C17H23FN6O2S. The Labute approximate surface area is 158 Å². The molecule has 1 saturated heterocycles. The predicted molar refractivity (Wildman–Crippen MR) is 101 cm³/mol. The third-order valence-electron chi connectivity index (χ3n) is 4.20. The summed E-state index contributed by atoms with van der Waals surface area (Å²) in [5, 5.41) is 0. The molecule has 2 aromatic rings. The quantitative estimate of drug-likeness (QED) is 0.757. The Balaban J connectivity index is 1.75. The minimum atomic E-state index is -3.74. The van der Waals surface area contributed by atoms with Gasteiger partial charge in [0.15, 0.2) is 5.82 Å². The molecule has 0 unspecified atom stereocenters. The van der Waals surface area contributed by atoms with Gasteiger partial charge >= 0.3 is 0 Å². The topological polar surface area (TPSA) is 91.3 Å². The van der Waals surface area contributed by atoms with Crippen LogP contribution in [0.15, 0.2) is 24.3 Å². The molecule has 146 valence electrons. The van der Waals surface area contributed by atoms with E-state index in [1.165, 1.54) is 18.2 Å². The van der Waals surface area contributed by atoms with Crippen LogP contribution < -0.4 is 14.5 Å². The Morgan fingerprint density at radius 3 is 2.52 bits per heavy atom. The highest BCUT2D eigenvalue weighted by Crippen LogP contribution is 2.18. The Bertz CT molecular complexity index is 900. The summed E-state index contributed by atoms with van der Waals surface area (Å²) in [6.07, 6.45) is 2.15. The molecule has 0 amide bonds. The zero-order valence-electron chi connectivity index (χ0n) is 15.4. The lowest BCUT2D eigenvalue weighted by molar-refractivity contribution is 0.572. The molecule has 10 heteroatoms. The van der Waals surface area contributed by atoms with Crippen molar-refractivity contribution in [1.29, 1.82) is 0 Å². The normalized spacial score (nSPS) is 14.6. The molecule has 1 aliphatic rings. The van der Waals surface area contributed by atoms with E-state index >= 15 is 0 Å². The molecule has 0 aliphatic carbocycles. The number of nitrogens with one attached hydrogen (secondary N) is 1. The standard InChI is InChI=1S/C17H23FN6O2S/c1-23(2)16-20-15(21-17(22-16)24-9-5-6-10-24)11-19-27(25,26)12-13-7-3-4-8-14(13)18/h3-4,7-8,19H,5-6,9-12H2,1-2H3. The fourth-order valence-electron chi connectivity index (χ4n) is 2.78. The minimum absolute atomic E-state index is 0.0824.